The second kappa shape index (κ2) is 6.50. The predicted molar refractivity (Wildman–Crippen MR) is 79.5 cm³/mol. The molecule has 0 saturated heterocycles. The summed E-state index contributed by atoms with van der Waals surface area (Å²) in [4.78, 5) is 0. The van der Waals surface area contributed by atoms with Crippen molar-refractivity contribution in [2.75, 3.05) is 5.75 Å². The first-order valence-electron chi connectivity index (χ1n) is 6.17. The molecule has 1 atom stereocenters. The molecule has 1 unspecified atom stereocenters. The van der Waals surface area contributed by atoms with Crippen LogP contribution in [0, 0.1) is 0 Å². The standard InChI is InChI=1S/C16H18OS/c1-13(12-18)15-9-5-6-10-16(15)17-11-14-7-3-2-4-8-14/h2-10,13,18H,11-12H2,1H3. The van der Waals surface area contributed by atoms with Crippen LogP contribution in [0.3, 0.4) is 0 Å². The largest absolute Gasteiger partial charge is 0.489 e. The van der Waals surface area contributed by atoms with Gasteiger partial charge in [0.05, 0.1) is 0 Å². The maximum atomic E-state index is 5.91. The summed E-state index contributed by atoms with van der Waals surface area (Å²) in [5, 5.41) is 0. The summed E-state index contributed by atoms with van der Waals surface area (Å²) in [6, 6.07) is 18.4. The number of rotatable bonds is 5. The van der Waals surface area contributed by atoms with Crippen molar-refractivity contribution in [1.82, 2.24) is 0 Å². The molecule has 0 saturated carbocycles. The normalized spacial score (nSPS) is 12.1. The van der Waals surface area contributed by atoms with Gasteiger partial charge in [0.15, 0.2) is 0 Å². The Morgan fingerprint density at radius 2 is 1.67 bits per heavy atom. The van der Waals surface area contributed by atoms with Crippen molar-refractivity contribution in [1.29, 1.82) is 0 Å². The third-order valence-corrected chi connectivity index (χ3v) is 3.51. The zero-order valence-corrected chi connectivity index (χ0v) is 11.4. The van der Waals surface area contributed by atoms with Crippen molar-refractivity contribution < 1.29 is 4.74 Å². The topological polar surface area (TPSA) is 9.23 Å². The summed E-state index contributed by atoms with van der Waals surface area (Å²) in [7, 11) is 0. The lowest BCUT2D eigenvalue weighted by molar-refractivity contribution is 0.302. The van der Waals surface area contributed by atoms with Gasteiger partial charge in [-0.05, 0) is 28.9 Å². The van der Waals surface area contributed by atoms with Gasteiger partial charge in [0, 0.05) is 0 Å². The highest BCUT2D eigenvalue weighted by Crippen LogP contribution is 2.27. The summed E-state index contributed by atoms with van der Waals surface area (Å²) in [5.41, 5.74) is 2.41. The van der Waals surface area contributed by atoms with E-state index in [0.29, 0.717) is 12.5 Å². The van der Waals surface area contributed by atoms with E-state index in [2.05, 4.69) is 37.8 Å². The fraction of sp³-hybridized carbons (Fsp3) is 0.250. The molecule has 0 bridgehead atoms. The van der Waals surface area contributed by atoms with Gasteiger partial charge in [0.2, 0.25) is 0 Å². The number of ether oxygens (including phenoxy) is 1. The molecule has 0 amide bonds. The van der Waals surface area contributed by atoms with E-state index in [0.717, 1.165) is 11.5 Å². The van der Waals surface area contributed by atoms with Crippen LogP contribution in [0.1, 0.15) is 24.0 Å². The van der Waals surface area contributed by atoms with Crippen LogP contribution in [0.2, 0.25) is 0 Å². The molecule has 0 spiro atoms. The SMILES string of the molecule is CC(CS)c1ccccc1OCc1ccccc1. The zero-order chi connectivity index (χ0) is 12.8. The molecule has 2 aromatic rings. The monoisotopic (exact) mass is 258 g/mol. The smallest absolute Gasteiger partial charge is 0.123 e. The van der Waals surface area contributed by atoms with Crippen LogP contribution in [0.4, 0.5) is 0 Å². The van der Waals surface area contributed by atoms with Crippen molar-refractivity contribution in [2.45, 2.75) is 19.4 Å². The van der Waals surface area contributed by atoms with Crippen molar-refractivity contribution in [3.63, 3.8) is 0 Å². The Labute approximate surface area is 114 Å². The van der Waals surface area contributed by atoms with E-state index in [4.69, 9.17) is 4.74 Å². The van der Waals surface area contributed by atoms with Crippen LogP contribution < -0.4 is 4.74 Å². The molecular weight excluding hydrogens is 240 g/mol. The second-order valence-electron chi connectivity index (χ2n) is 4.40. The quantitative estimate of drug-likeness (QED) is 0.787. The van der Waals surface area contributed by atoms with E-state index in [1.165, 1.54) is 11.1 Å². The van der Waals surface area contributed by atoms with E-state index in [1.54, 1.807) is 0 Å². The van der Waals surface area contributed by atoms with Gasteiger partial charge >= 0.3 is 0 Å². The highest BCUT2D eigenvalue weighted by atomic mass is 32.1. The lowest BCUT2D eigenvalue weighted by atomic mass is 10.0. The van der Waals surface area contributed by atoms with Gasteiger partial charge in [-0.1, -0.05) is 55.5 Å². The first-order valence-corrected chi connectivity index (χ1v) is 6.81. The fourth-order valence-corrected chi connectivity index (χ4v) is 2.05. The Bertz CT molecular complexity index is 481. The van der Waals surface area contributed by atoms with Crippen LogP contribution in [0.5, 0.6) is 5.75 Å². The zero-order valence-electron chi connectivity index (χ0n) is 10.5. The Hall–Kier alpha value is -1.41. The van der Waals surface area contributed by atoms with Gasteiger partial charge in [0.25, 0.3) is 0 Å². The molecule has 0 aliphatic heterocycles. The van der Waals surface area contributed by atoms with E-state index >= 15 is 0 Å². The molecule has 0 radical (unpaired) electrons. The Kier molecular flexibility index (Phi) is 4.71. The number of thiol groups is 1. The van der Waals surface area contributed by atoms with E-state index < -0.39 is 0 Å². The van der Waals surface area contributed by atoms with E-state index in [9.17, 15) is 0 Å². The van der Waals surface area contributed by atoms with Gasteiger partial charge in [-0.25, -0.2) is 0 Å². The van der Waals surface area contributed by atoms with Crippen molar-refractivity contribution in [2.24, 2.45) is 0 Å². The van der Waals surface area contributed by atoms with Crippen molar-refractivity contribution >= 4 is 12.6 Å². The predicted octanol–water partition coefficient (Wildman–Crippen LogP) is 4.30. The van der Waals surface area contributed by atoms with Crippen LogP contribution in [0.15, 0.2) is 54.6 Å². The lowest BCUT2D eigenvalue weighted by Crippen LogP contribution is -2.02. The highest BCUT2D eigenvalue weighted by molar-refractivity contribution is 7.80. The van der Waals surface area contributed by atoms with E-state index in [-0.39, 0.29) is 0 Å². The Morgan fingerprint density at radius 3 is 2.39 bits per heavy atom. The summed E-state index contributed by atoms with van der Waals surface area (Å²) in [6.07, 6.45) is 0. The van der Waals surface area contributed by atoms with Crippen LogP contribution in [-0.4, -0.2) is 5.75 Å². The summed E-state index contributed by atoms with van der Waals surface area (Å²) < 4.78 is 5.91. The number of para-hydroxylation sites is 1. The van der Waals surface area contributed by atoms with Gasteiger partial charge in [-0.2, -0.15) is 12.6 Å². The van der Waals surface area contributed by atoms with Crippen molar-refractivity contribution in [3.05, 3.63) is 65.7 Å². The minimum atomic E-state index is 0.403. The fourth-order valence-electron chi connectivity index (χ4n) is 1.85. The Morgan fingerprint density at radius 1 is 1.00 bits per heavy atom. The summed E-state index contributed by atoms with van der Waals surface area (Å²) >= 11 is 4.36. The van der Waals surface area contributed by atoms with Crippen LogP contribution in [0.25, 0.3) is 0 Å². The molecule has 0 heterocycles. The molecule has 94 valence electrons. The molecule has 2 aromatic carbocycles. The maximum Gasteiger partial charge on any atom is 0.123 e. The minimum absolute atomic E-state index is 0.403. The molecule has 0 N–H and O–H groups in total. The van der Waals surface area contributed by atoms with Crippen LogP contribution in [-0.2, 0) is 6.61 Å². The number of hydrogen-bond donors (Lipinski definition) is 1. The third-order valence-electron chi connectivity index (χ3n) is 2.96. The maximum absolute atomic E-state index is 5.91. The first kappa shape index (κ1) is 13.0. The molecule has 0 aromatic heterocycles. The molecule has 2 rings (SSSR count). The van der Waals surface area contributed by atoms with Gasteiger partial charge in [0.1, 0.15) is 12.4 Å². The van der Waals surface area contributed by atoms with Crippen LogP contribution >= 0.6 is 12.6 Å². The number of benzene rings is 2. The Balaban J connectivity index is 2.10. The minimum Gasteiger partial charge on any atom is -0.489 e. The van der Waals surface area contributed by atoms with Crippen molar-refractivity contribution in [3.8, 4) is 5.75 Å². The first-order chi connectivity index (χ1) is 8.81. The summed E-state index contributed by atoms with van der Waals surface area (Å²) in [5.74, 6) is 2.19. The second-order valence-corrected chi connectivity index (χ2v) is 4.76. The third kappa shape index (κ3) is 3.30. The highest BCUT2D eigenvalue weighted by Gasteiger charge is 2.09. The molecule has 0 aliphatic rings. The molecule has 18 heavy (non-hydrogen) atoms. The molecule has 2 heteroatoms. The average molecular weight is 258 g/mol. The van der Waals surface area contributed by atoms with Gasteiger partial charge in [-0.15, -0.1) is 0 Å². The van der Waals surface area contributed by atoms with Gasteiger partial charge in [-0.3, -0.25) is 0 Å². The average Bonchev–Trinajstić information content (AvgIpc) is 2.45. The van der Waals surface area contributed by atoms with E-state index in [1.807, 2.05) is 36.4 Å². The van der Waals surface area contributed by atoms with Gasteiger partial charge < -0.3 is 4.74 Å². The molecule has 0 fully saturated rings. The summed E-state index contributed by atoms with van der Waals surface area (Å²) in [6.45, 7) is 2.77. The number of hydrogen-bond acceptors (Lipinski definition) is 2. The molecular formula is C16H18OS. The molecule has 0 aliphatic carbocycles. The molecule has 1 nitrogen and oxygen atoms in total. The lowest BCUT2D eigenvalue weighted by Gasteiger charge is -2.15.